The molecule has 0 saturated heterocycles. The van der Waals surface area contributed by atoms with Gasteiger partial charge in [0.15, 0.2) is 5.78 Å². The third-order valence-corrected chi connectivity index (χ3v) is 7.26. The van der Waals surface area contributed by atoms with Crippen LogP contribution in [0.25, 0.3) is 0 Å². The lowest BCUT2D eigenvalue weighted by Gasteiger charge is -2.34. The number of benzene rings is 4. The largest absolute Gasteiger partial charge is 0.325 e. The summed E-state index contributed by atoms with van der Waals surface area (Å²) in [5.74, 6) is -0.767. The number of hydrogen-bond donors (Lipinski definition) is 1. The maximum atomic E-state index is 13.9. The molecule has 1 amide bonds. The highest BCUT2D eigenvalue weighted by atomic mass is 35.5. The fourth-order valence-electron chi connectivity index (χ4n) is 4.92. The lowest BCUT2D eigenvalue weighted by molar-refractivity contribution is -0.123. The quantitative estimate of drug-likeness (QED) is 0.234. The van der Waals surface area contributed by atoms with Crippen molar-refractivity contribution in [3.8, 4) is 0 Å². The first kappa shape index (κ1) is 27.3. The third kappa shape index (κ3) is 6.23. The van der Waals surface area contributed by atoms with E-state index in [0.717, 1.165) is 22.4 Å². The molecule has 0 aliphatic heterocycles. The Morgan fingerprint density at radius 3 is 1.82 bits per heavy atom. The lowest BCUT2D eigenvalue weighted by Crippen LogP contribution is -2.30. The molecule has 4 rings (SSSR count). The Labute approximate surface area is 230 Å². The van der Waals surface area contributed by atoms with Crippen molar-refractivity contribution in [2.45, 2.75) is 39.5 Å². The Balaban J connectivity index is 1.90. The molecule has 0 heterocycles. The van der Waals surface area contributed by atoms with Gasteiger partial charge in [-0.15, -0.1) is 0 Å². The van der Waals surface area contributed by atoms with Crippen molar-refractivity contribution in [3.05, 3.63) is 136 Å². The summed E-state index contributed by atoms with van der Waals surface area (Å²) >= 11 is 6.11. The number of hydrogen-bond acceptors (Lipinski definition) is 2. The fourth-order valence-corrected chi connectivity index (χ4v) is 5.04. The normalized spacial score (nSPS) is 13.8. The van der Waals surface area contributed by atoms with Gasteiger partial charge >= 0.3 is 0 Å². The van der Waals surface area contributed by atoms with Gasteiger partial charge in [-0.1, -0.05) is 118 Å². The molecule has 0 spiro atoms. The number of para-hydroxylation sites is 1. The molecule has 0 saturated carbocycles. The van der Waals surface area contributed by atoms with Gasteiger partial charge in [0.05, 0.1) is 0 Å². The van der Waals surface area contributed by atoms with Gasteiger partial charge in [-0.2, -0.15) is 0 Å². The first-order valence-corrected chi connectivity index (χ1v) is 13.3. The van der Waals surface area contributed by atoms with Crippen LogP contribution in [0.2, 0.25) is 5.02 Å². The average Bonchev–Trinajstić information content (AvgIpc) is 2.92. The number of amides is 1. The first-order valence-electron chi connectivity index (χ1n) is 13.0. The topological polar surface area (TPSA) is 46.2 Å². The molecule has 0 fully saturated rings. The molecule has 3 atom stereocenters. The van der Waals surface area contributed by atoms with E-state index in [2.05, 4.69) is 35.6 Å². The van der Waals surface area contributed by atoms with Crippen LogP contribution < -0.4 is 5.32 Å². The molecular weight excluding hydrogens is 490 g/mol. The van der Waals surface area contributed by atoms with Gasteiger partial charge in [-0.25, -0.2) is 0 Å². The number of carbonyl (C=O) groups is 2. The van der Waals surface area contributed by atoms with E-state index in [1.807, 2.05) is 82.3 Å². The maximum Gasteiger partial charge on any atom is 0.229 e. The number of ketones is 1. The number of nitrogens with one attached hydrogen (secondary N) is 1. The standard InChI is InChI=1S/C34H34ClNO2/c1-23(32(37)26-19-21-27(35)22-20-26)30(24-13-7-5-8-14-24)31(25-15-9-6-10-16-25)28-17-11-12-18-29(28)36-33(38)34(2,3)4/h5-23,30-31H,1-4H3,(H,36,38)/t23-,30-,31+/m1/s1. The van der Waals surface area contributed by atoms with Crippen molar-refractivity contribution in [2.24, 2.45) is 11.3 Å². The maximum absolute atomic E-state index is 13.9. The molecule has 0 aromatic heterocycles. The van der Waals surface area contributed by atoms with E-state index in [-0.39, 0.29) is 29.4 Å². The number of anilines is 1. The van der Waals surface area contributed by atoms with Gasteiger partial charge in [-0.3, -0.25) is 9.59 Å². The second kappa shape index (κ2) is 11.8. The van der Waals surface area contributed by atoms with E-state index >= 15 is 0 Å². The Morgan fingerprint density at radius 1 is 0.711 bits per heavy atom. The Morgan fingerprint density at radius 2 is 1.24 bits per heavy atom. The third-order valence-electron chi connectivity index (χ3n) is 7.01. The highest BCUT2D eigenvalue weighted by molar-refractivity contribution is 6.30. The van der Waals surface area contributed by atoms with Crippen molar-refractivity contribution in [1.82, 2.24) is 0 Å². The lowest BCUT2D eigenvalue weighted by atomic mass is 9.69. The summed E-state index contributed by atoms with van der Waals surface area (Å²) in [5, 5.41) is 3.77. The molecule has 38 heavy (non-hydrogen) atoms. The van der Waals surface area contributed by atoms with E-state index in [9.17, 15) is 9.59 Å². The molecule has 194 valence electrons. The summed E-state index contributed by atoms with van der Waals surface area (Å²) in [6.07, 6.45) is 0. The van der Waals surface area contributed by atoms with Crippen molar-refractivity contribution in [2.75, 3.05) is 5.32 Å². The molecule has 0 aliphatic carbocycles. The van der Waals surface area contributed by atoms with E-state index < -0.39 is 5.41 Å². The van der Waals surface area contributed by atoms with Crippen LogP contribution in [0.15, 0.2) is 109 Å². The number of Topliss-reactive ketones (excluding diaryl/α,β-unsaturated/α-hetero) is 1. The summed E-state index contributed by atoms with van der Waals surface area (Å²) in [5.41, 5.74) is 3.95. The molecule has 0 unspecified atom stereocenters. The number of rotatable bonds is 8. The van der Waals surface area contributed by atoms with Crippen LogP contribution in [0.3, 0.4) is 0 Å². The molecule has 4 aromatic carbocycles. The summed E-state index contributed by atoms with van der Waals surface area (Å²) in [4.78, 5) is 27.0. The summed E-state index contributed by atoms with van der Waals surface area (Å²) in [7, 11) is 0. The zero-order chi connectivity index (χ0) is 27.3. The molecule has 4 heteroatoms. The minimum atomic E-state index is -0.550. The monoisotopic (exact) mass is 523 g/mol. The van der Waals surface area contributed by atoms with Gasteiger partial charge in [0.2, 0.25) is 5.91 Å². The van der Waals surface area contributed by atoms with Crippen LogP contribution in [-0.4, -0.2) is 11.7 Å². The van der Waals surface area contributed by atoms with Crippen LogP contribution in [0.1, 0.15) is 66.6 Å². The van der Waals surface area contributed by atoms with E-state index in [1.54, 1.807) is 24.3 Å². The predicted octanol–water partition coefficient (Wildman–Crippen LogP) is 8.76. The molecule has 4 aromatic rings. The van der Waals surface area contributed by atoms with E-state index in [1.165, 1.54) is 0 Å². The highest BCUT2D eigenvalue weighted by Gasteiger charge is 2.36. The SMILES string of the molecule is C[C@@H](C(=O)c1ccc(Cl)cc1)[C@H](c1ccccc1)[C@@H](c1ccccc1)c1ccccc1NC(=O)C(C)(C)C. The summed E-state index contributed by atoms with van der Waals surface area (Å²) in [6.45, 7) is 7.71. The molecule has 1 N–H and O–H groups in total. The number of carbonyl (C=O) groups excluding carboxylic acids is 2. The molecule has 0 radical (unpaired) electrons. The summed E-state index contributed by atoms with van der Waals surface area (Å²) in [6, 6.07) is 35.4. The Hall–Kier alpha value is -3.69. The van der Waals surface area contributed by atoms with Gasteiger partial charge in [-0.05, 0) is 47.0 Å². The minimum Gasteiger partial charge on any atom is -0.325 e. The number of halogens is 1. The highest BCUT2D eigenvalue weighted by Crippen LogP contribution is 2.46. The molecular formula is C34H34ClNO2. The second-order valence-corrected chi connectivity index (χ2v) is 11.2. The molecule has 3 nitrogen and oxygen atoms in total. The average molecular weight is 524 g/mol. The Kier molecular flexibility index (Phi) is 8.48. The van der Waals surface area contributed by atoms with Crippen LogP contribution in [-0.2, 0) is 4.79 Å². The van der Waals surface area contributed by atoms with E-state index in [4.69, 9.17) is 11.6 Å². The van der Waals surface area contributed by atoms with Gasteiger partial charge in [0.25, 0.3) is 0 Å². The van der Waals surface area contributed by atoms with Gasteiger partial charge in [0.1, 0.15) is 0 Å². The van der Waals surface area contributed by atoms with Crippen molar-refractivity contribution < 1.29 is 9.59 Å². The smallest absolute Gasteiger partial charge is 0.229 e. The van der Waals surface area contributed by atoms with Crippen molar-refractivity contribution in [3.63, 3.8) is 0 Å². The Bertz CT molecular complexity index is 1380. The van der Waals surface area contributed by atoms with Crippen molar-refractivity contribution >= 4 is 29.0 Å². The second-order valence-electron chi connectivity index (χ2n) is 10.8. The van der Waals surface area contributed by atoms with Crippen molar-refractivity contribution in [1.29, 1.82) is 0 Å². The van der Waals surface area contributed by atoms with Gasteiger partial charge < -0.3 is 5.32 Å². The molecule has 0 bridgehead atoms. The predicted molar refractivity (Wildman–Crippen MR) is 157 cm³/mol. The zero-order valence-corrected chi connectivity index (χ0v) is 23.1. The molecule has 0 aliphatic rings. The zero-order valence-electron chi connectivity index (χ0n) is 22.3. The van der Waals surface area contributed by atoms with Gasteiger partial charge in [0, 0.05) is 39.4 Å². The van der Waals surface area contributed by atoms with Crippen LogP contribution in [0.4, 0.5) is 5.69 Å². The van der Waals surface area contributed by atoms with E-state index in [0.29, 0.717) is 10.6 Å². The summed E-state index contributed by atoms with van der Waals surface area (Å²) < 4.78 is 0. The van der Waals surface area contributed by atoms with Crippen LogP contribution >= 0.6 is 11.6 Å². The fraction of sp³-hybridized carbons (Fsp3) is 0.235. The van der Waals surface area contributed by atoms with Crippen LogP contribution in [0.5, 0.6) is 0 Å². The first-order chi connectivity index (χ1) is 18.2. The minimum absolute atomic E-state index is 0.0488. The van der Waals surface area contributed by atoms with Crippen LogP contribution in [0, 0.1) is 11.3 Å².